The summed E-state index contributed by atoms with van der Waals surface area (Å²) >= 11 is 1.73. The fourth-order valence-corrected chi connectivity index (χ4v) is 2.23. The van der Waals surface area contributed by atoms with Gasteiger partial charge in [-0.3, -0.25) is 4.99 Å². The Hall–Kier alpha value is -1.95. The molecule has 2 rings (SSSR count). The van der Waals surface area contributed by atoms with Crippen molar-refractivity contribution in [3.05, 3.63) is 46.2 Å². The fourth-order valence-electron chi connectivity index (χ4n) is 1.58. The number of aliphatic imine (C=N–C) groups is 1. The summed E-state index contributed by atoms with van der Waals surface area (Å²) in [7, 11) is 1.76. The smallest absolute Gasteiger partial charge is 0.191 e. The Balaban J connectivity index is 1.83. The van der Waals surface area contributed by atoms with Gasteiger partial charge in [0.15, 0.2) is 5.96 Å². The summed E-state index contributed by atoms with van der Waals surface area (Å²) in [6.45, 7) is 3.29. The molecule has 0 bridgehead atoms. The van der Waals surface area contributed by atoms with E-state index in [-0.39, 0.29) is 0 Å². The van der Waals surface area contributed by atoms with Crippen molar-refractivity contribution in [2.24, 2.45) is 4.99 Å². The van der Waals surface area contributed by atoms with Gasteiger partial charge in [-0.25, -0.2) is 9.97 Å². The Kier molecular flexibility index (Phi) is 4.85. The molecule has 19 heavy (non-hydrogen) atoms. The molecule has 0 fully saturated rings. The first-order valence-corrected chi connectivity index (χ1v) is 6.91. The summed E-state index contributed by atoms with van der Waals surface area (Å²) < 4.78 is 0. The number of rotatable bonds is 4. The summed E-state index contributed by atoms with van der Waals surface area (Å²) in [4.78, 5) is 13.9. The van der Waals surface area contributed by atoms with Crippen LogP contribution >= 0.6 is 11.3 Å². The van der Waals surface area contributed by atoms with Crippen molar-refractivity contribution in [3.8, 4) is 0 Å². The van der Waals surface area contributed by atoms with Gasteiger partial charge >= 0.3 is 0 Å². The lowest BCUT2D eigenvalue weighted by atomic mass is 10.4. The Bertz CT molecular complexity index is 536. The minimum Gasteiger partial charge on any atom is -0.352 e. The summed E-state index contributed by atoms with van der Waals surface area (Å²) in [5.41, 5.74) is 0.951. The van der Waals surface area contributed by atoms with Crippen molar-refractivity contribution in [3.63, 3.8) is 0 Å². The van der Waals surface area contributed by atoms with Crippen LogP contribution in [0.25, 0.3) is 0 Å². The second kappa shape index (κ2) is 6.84. The maximum Gasteiger partial charge on any atom is 0.191 e. The summed E-state index contributed by atoms with van der Waals surface area (Å²) in [6, 6.07) is 6.03. The number of hydrogen-bond donors (Lipinski definition) is 2. The molecular weight excluding hydrogens is 258 g/mol. The molecule has 0 saturated carbocycles. The molecule has 6 heteroatoms. The van der Waals surface area contributed by atoms with Crippen LogP contribution < -0.4 is 10.6 Å². The lowest BCUT2D eigenvalue weighted by Gasteiger charge is -2.10. The second-order valence-electron chi connectivity index (χ2n) is 3.95. The van der Waals surface area contributed by atoms with Crippen LogP contribution in [0.4, 0.5) is 0 Å². The predicted octanol–water partition coefficient (Wildman–Crippen LogP) is 1.71. The number of thiophene rings is 1. The molecule has 0 aliphatic heterocycles. The highest BCUT2D eigenvalue weighted by molar-refractivity contribution is 7.09. The molecule has 2 aromatic heterocycles. The lowest BCUT2D eigenvalue weighted by Crippen LogP contribution is -2.36. The number of nitrogens with one attached hydrogen (secondary N) is 2. The van der Waals surface area contributed by atoms with E-state index in [4.69, 9.17) is 0 Å². The van der Waals surface area contributed by atoms with E-state index in [9.17, 15) is 0 Å². The number of aromatic nitrogens is 2. The van der Waals surface area contributed by atoms with Crippen LogP contribution in [0.1, 0.15) is 16.4 Å². The zero-order valence-electron chi connectivity index (χ0n) is 11.1. The third kappa shape index (κ3) is 4.33. The Labute approximate surface area is 116 Å². The first kappa shape index (κ1) is 13.5. The first-order chi connectivity index (χ1) is 9.28. The van der Waals surface area contributed by atoms with E-state index in [2.05, 4.69) is 37.0 Å². The van der Waals surface area contributed by atoms with Crippen LogP contribution in [-0.4, -0.2) is 23.0 Å². The number of aryl methyl sites for hydroxylation is 1. The maximum absolute atomic E-state index is 4.34. The van der Waals surface area contributed by atoms with Crippen molar-refractivity contribution in [1.29, 1.82) is 0 Å². The Morgan fingerprint density at radius 1 is 1.32 bits per heavy atom. The highest BCUT2D eigenvalue weighted by Gasteiger charge is 2.00. The van der Waals surface area contributed by atoms with Gasteiger partial charge < -0.3 is 10.6 Å². The van der Waals surface area contributed by atoms with E-state index in [1.54, 1.807) is 24.6 Å². The zero-order valence-corrected chi connectivity index (χ0v) is 11.9. The van der Waals surface area contributed by atoms with Gasteiger partial charge in [-0.15, -0.1) is 11.3 Å². The van der Waals surface area contributed by atoms with Crippen LogP contribution in [0, 0.1) is 6.92 Å². The SMILES string of the molecule is CN=C(NCc1ccnc(C)n1)NCc1cccs1. The minimum atomic E-state index is 0.632. The molecule has 0 radical (unpaired) electrons. The molecule has 0 aliphatic rings. The number of nitrogens with zero attached hydrogens (tertiary/aromatic N) is 3. The second-order valence-corrected chi connectivity index (χ2v) is 4.99. The molecule has 5 nitrogen and oxygen atoms in total. The lowest BCUT2D eigenvalue weighted by molar-refractivity contribution is 0.790. The molecule has 0 aliphatic carbocycles. The van der Waals surface area contributed by atoms with E-state index < -0.39 is 0 Å². The van der Waals surface area contributed by atoms with Crippen molar-refractivity contribution < 1.29 is 0 Å². The highest BCUT2D eigenvalue weighted by atomic mass is 32.1. The Morgan fingerprint density at radius 2 is 2.16 bits per heavy atom. The van der Waals surface area contributed by atoms with Crippen LogP contribution in [-0.2, 0) is 13.1 Å². The van der Waals surface area contributed by atoms with Crippen LogP contribution in [0.3, 0.4) is 0 Å². The van der Waals surface area contributed by atoms with E-state index >= 15 is 0 Å². The molecule has 2 N–H and O–H groups in total. The van der Waals surface area contributed by atoms with Crippen LogP contribution in [0.5, 0.6) is 0 Å². The molecule has 2 aromatic rings. The largest absolute Gasteiger partial charge is 0.352 e. The van der Waals surface area contributed by atoms with Gasteiger partial charge in [0.05, 0.1) is 18.8 Å². The third-order valence-electron chi connectivity index (χ3n) is 2.50. The zero-order chi connectivity index (χ0) is 13.5. The first-order valence-electron chi connectivity index (χ1n) is 6.03. The average molecular weight is 275 g/mol. The van der Waals surface area contributed by atoms with E-state index in [0.29, 0.717) is 6.54 Å². The van der Waals surface area contributed by atoms with Gasteiger partial charge in [0.25, 0.3) is 0 Å². The maximum atomic E-state index is 4.34. The van der Waals surface area contributed by atoms with E-state index in [1.165, 1.54) is 4.88 Å². The van der Waals surface area contributed by atoms with E-state index in [0.717, 1.165) is 24.0 Å². The van der Waals surface area contributed by atoms with Gasteiger partial charge in [0.1, 0.15) is 5.82 Å². The predicted molar refractivity (Wildman–Crippen MR) is 78.1 cm³/mol. The fraction of sp³-hybridized carbons (Fsp3) is 0.308. The molecule has 0 unspecified atom stereocenters. The quantitative estimate of drug-likeness (QED) is 0.659. The third-order valence-corrected chi connectivity index (χ3v) is 3.38. The van der Waals surface area contributed by atoms with Crippen LogP contribution in [0.2, 0.25) is 0 Å². The highest BCUT2D eigenvalue weighted by Crippen LogP contribution is 2.07. The van der Waals surface area contributed by atoms with Gasteiger partial charge in [-0.05, 0) is 24.4 Å². The summed E-state index contributed by atoms with van der Waals surface area (Å²) in [5.74, 6) is 1.55. The standard InChI is InChI=1S/C13H17N5S/c1-10-15-6-5-11(18-10)8-16-13(14-2)17-9-12-4-3-7-19-12/h3-7H,8-9H2,1-2H3,(H2,14,16,17). The minimum absolute atomic E-state index is 0.632. The van der Waals surface area contributed by atoms with Crippen LogP contribution in [0.15, 0.2) is 34.8 Å². The van der Waals surface area contributed by atoms with E-state index in [1.807, 2.05) is 19.1 Å². The van der Waals surface area contributed by atoms with Gasteiger partial charge in [-0.2, -0.15) is 0 Å². The normalized spacial score (nSPS) is 11.4. The van der Waals surface area contributed by atoms with Crippen molar-refractivity contribution in [1.82, 2.24) is 20.6 Å². The summed E-state index contributed by atoms with van der Waals surface area (Å²) in [6.07, 6.45) is 1.77. The Morgan fingerprint density at radius 3 is 2.84 bits per heavy atom. The monoisotopic (exact) mass is 275 g/mol. The number of guanidine groups is 1. The van der Waals surface area contributed by atoms with Crippen molar-refractivity contribution in [2.45, 2.75) is 20.0 Å². The van der Waals surface area contributed by atoms with Gasteiger partial charge in [0, 0.05) is 18.1 Å². The molecule has 0 aromatic carbocycles. The number of hydrogen-bond acceptors (Lipinski definition) is 4. The van der Waals surface area contributed by atoms with Crippen molar-refractivity contribution >= 4 is 17.3 Å². The molecule has 0 amide bonds. The summed E-state index contributed by atoms with van der Waals surface area (Å²) in [5, 5.41) is 8.56. The van der Waals surface area contributed by atoms with Crippen molar-refractivity contribution in [2.75, 3.05) is 7.05 Å². The van der Waals surface area contributed by atoms with Gasteiger partial charge in [-0.1, -0.05) is 6.07 Å². The molecule has 0 saturated heterocycles. The molecule has 0 atom stereocenters. The van der Waals surface area contributed by atoms with Gasteiger partial charge in [0.2, 0.25) is 0 Å². The molecule has 0 spiro atoms. The molecule has 100 valence electrons. The topological polar surface area (TPSA) is 62.2 Å². The average Bonchev–Trinajstić information content (AvgIpc) is 2.92. The molecule has 2 heterocycles. The molecular formula is C13H17N5S.